The highest BCUT2D eigenvalue weighted by molar-refractivity contribution is 5.91. The van der Waals surface area contributed by atoms with E-state index in [1.54, 1.807) is 45.3 Å². The average molecular weight is 280 g/mol. The van der Waals surface area contributed by atoms with Gasteiger partial charge in [0.25, 0.3) is 0 Å². The van der Waals surface area contributed by atoms with Crippen LogP contribution in [0.2, 0.25) is 0 Å². The van der Waals surface area contributed by atoms with Gasteiger partial charge in [-0.05, 0) is 30.7 Å². The van der Waals surface area contributed by atoms with Crippen LogP contribution < -0.4 is 15.0 Å². The van der Waals surface area contributed by atoms with Crippen LogP contribution in [0.3, 0.4) is 0 Å². The fraction of sp³-hybridized carbons (Fsp3) is 0.429. The summed E-state index contributed by atoms with van der Waals surface area (Å²) in [5.41, 5.74) is 0.731. The van der Waals surface area contributed by atoms with Gasteiger partial charge in [-0.2, -0.15) is 0 Å². The van der Waals surface area contributed by atoms with Crippen LogP contribution in [-0.2, 0) is 4.79 Å². The highest BCUT2D eigenvalue weighted by Crippen LogP contribution is 2.18. The average Bonchev–Trinajstić information content (AvgIpc) is 2.46. The normalized spacial score (nSPS) is 11.6. The molecule has 110 valence electrons. The van der Waals surface area contributed by atoms with Crippen molar-refractivity contribution >= 4 is 17.7 Å². The lowest BCUT2D eigenvalue weighted by atomic mass is 10.1. The largest absolute Gasteiger partial charge is 0.497 e. The number of anilines is 1. The molecular formula is C14H20N2O4. The molecule has 0 heterocycles. The first-order valence-electron chi connectivity index (χ1n) is 6.34. The van der Waals surface area contributed by atoms with Crippen molar-refractivity contribution < 1.29 is 19.4 Å². The zero-order valence-corrected chi connectivity index (χ0v) is 11.9. The lowest BCUT2D eigenvalue weighted by Gasteiger charge is -2.18. The van der Waals surface area contributed by atoms with Gasteiger partial charge in [-0.25, -0.2) is 4.79 Å². The number of ether oxygens (including phenoxy) is 1. The van der Waals surface area contributed by atoms with Crippen molar-refractivity contribution in [3.05, 3.63) is 24.3 Å². The van der Waals surface area contributed by atoms with E-state index in [9.17, 15) is 9.59 Å². The zero-order chi connectivity index (χ0) is 15.1. The Labute approximate surface area is 118 Å². The second-order valence-electron chi connectivity index (χ2n) is 4.52. The molecule has 1 unspecified atom stereocenters. The van der Waals surface area contributed by atoms with Crippen LogP contribution in [0, 0.1) is 5.92 Å². The summed E-state index contributed by atoms with van der Waals surface area (Å²) in [7, 11) is 3.23. The van der Waals surface area contributed by atoms with Crippen LogP contribution in [0.4, 0.5) is 10.5 Å². The van der Waals surface area contributed by atoms with E-state index in [1.807, 2.05) is 0 Å². The van der Waals surface area contributed by atoms with Gasteiger partial charge in [0, 0.05) is 19.3 Å². The highest BCUT2D eigenvalue weighted by atomic mass is 16.5. The van der Waals surface area contributed by atoms with E-state index in [1.165, 1.54) is 4.90 Å². The van der Waals surface area contributed by atoms with E-state index in [-0.39, 0.29) is 6.03 Å². The summed E-state index contributed by atoms with van der Waals surface area (Å²) < 4.78 is 5.05. The number of nitrogens with zero attached hydrogens (tertiary/aromatic N) is 1. The molecular weight excluding hydrogens is 260 g/mol. The Morgan fingerprint density at radius 1 is 1.35 bits per heavy atom. The lowest BCUT2D eigenvalue weighted by Crippen LogP contribution is -2.38. The van der Waals surface area contributed by atoms with Crippen molar-refractivity contribution in [1.29, 1.82) is 0 Å². The number of benzene rings is 1. The van der Waals surface area contributed by atoms with Crippen LogP contribution >= 0.6 is 0 Å². The summed E-state index contributed by atoms with van der Waals surface area (Å²) in [4.78, 5) is 24.0. The van der Waals surface area contributed by atoms with Gasteiger partial charge in [0.2, 0.25) is 0 Å². The summed E-state index contributed by atoms with van der Waals surface area (Å²) in [6.45, 7) is 1.94. The maximum absolute atomic E-state index is 11.9. The number of carbonyl (C=O) groups excluding carboxylic acids is 1. The number of hydrogen-bond donors (Lipinski definition) is 2. The molecule has 0 aromatic heterocycles. The lowest BCUT2D eigenvalue weighted by molar-refractivity contribution is -0.141. The summed E-state index contributed by atoms with van der Waals surface area (Å²) in [6.07, 6.45) is 0.400. The topological polar surface area (TPSA) is 78.9 Å². The number of aliphatic carboxylic acids is 1. The van der Waals surface area contributed by atoms with Gasteiger partial charge in [0.1, 0.15) is 5.75 Å². The van der Waals surface area contributed by atoms with E-state index in [2.05, 4.69) is 5.32 Å². The molecule has 2 N–H and O–H groups in total. The van der Waals surface area contributed by atoms with Crippen molar-refractivity contribution in [2.45, 2.75) is 13.3 Å². The fourth-order valence-corrected chi connectivity index (χ4v) is 1.56. The fourth-order valence-electron chi connectivity index (χ4n) is 1.56. The molecule has 1 aromatic carbocycles. The number of hydrogen-bond acceptors (Lipinski definition) is 3. The summed E-state index contributed by atoms with van der Waals surface area (Å²) in [6, 6.07) is 6.82. The number of urea groups is 1. The Bertz CT molecular complexity index is 459. The van der Waals surface area contributed by atoms with Crippen LogP contribution in [0.5, 0.6) is 5.75 Å². The minimum absolute atomic E-state index is 0.271. The van der Waals surface area contributed by atoms with E-state index in [0.29, 0.717) is 13.0 Å². The van der Waals surface area contributed by atoms with Gasteiger partial charge in [0.15, 0.2) is 0 Å². The predicted octanol–water partition coefficient (Wildman–Crippen LogP) is 1.95. The quantitative estimate of drug-likeness (QED) is 0.834. The molecule has 0 saturated carbocycles. The Balaban J connectivity index is 2.47. The standard InChI is InChI=1S/C14H20N2O4/c1-10(13(17)18)8-9-15-14(19)16(2)11-4-6-12(20-3)7-5-11/h4-7,10H,8-9H2,1-3H3,(H,15,19)(H,17,18). The van der Waals surface area contributed by atoms with Gasteiger partial charge in [0.05, 0.1) is 13.0 Å². The molecule has 0 fully saturated rings. The summed E-state index contributed by atoms with van der Waals surface area (Å²) in [5.74, 6) is -0.609. The molecule has 0 radical (unpaired) electrons. The van der Waals surface area contributed by atoms with E-state index in [4.69, 9.17) is 9.84 Å². The first-order chi connectivity index (χ1) is 9.45. The monoisotopic (exact) mass is 280 g/mol. The number of carbonyl (C=O) groups is 2. The zero-order valence-electron chi connectivity index (χ0n) is 11.9. The van der Waals surface area contributed by atoms with Gasteiger partial charge in [-0.3, -0.25) is 9.69 Å². The predicted molar refractivity (Wildman–Crippen MR) is 76.2 cm³/mol. The minimum atomic E-state index is -0.859. The molecule has 6 heteroatoms. The first-order valence-corrected chi connectivity index (χ1v) is 6.34. The number of methoxy groups -OCH3 is 1. The van der Waals surface area contributed by atoms with Gasteiger partial charge in [-0.1, -0.05) is 6.92 Å². The smallest absolute Gasteiger partial charge is 0.321 e. The Morgan fingerprint density at radius 3 is 2.45 bits per heavy atom. The minimum Gasteiger partial charge on any atom is -0.497 e. The Morgan fingerprint density at radius 2 is 1.95 bits per heavy atom. The number of nitrogens with one attached hydrogen (secondary N) is 1. The maximum atomic E-state index is 11.9. The van der Waals surface area contributed by atoms with Crippen molar-refractivity contribution in [3.63, 3.8) is 0 Å². The van der Waals surface area contributed by atoms with Crippen LogP contribution in [0.1, 0.15) is 13.3 Å². The number of carboxylic acids is 1. The summed E-state index contributed by atoms with van der Waals surface area (Å²) >= 11 is 0. The molecule has 0 aliphatic rings. The number of carboxylic acid groups (broad SMARTS) is 1. The molecule has 0 bridgehead atoms. The molecule has 1 aromatic rings. The molecule has 6 nitrogen and oxygen atoms in total. The third-order valence-corrected chi connectivity index (χ3v) is 3.04. The molecule has 0 spiro atoms. The first kappa shape index (κ1) is 15.8. The third kappa shape index (κ3) is 4.46. The van der Waals surface area contributed by atoms with E-state index >= 15 is 0 Å². The molecule has 2 amide bonds. The van der Waals surface area contributed by atoms with Crippen molar-refractivity contribution in [3.8, 4) is 5.75 Å². The third-order valence-electron chi connectivity index (χ3n) is 3.04. The Kier molecular flexibility index (Phi) is 5.83. The molecule has 0 aliphatic carbocycles. The molecule has 0 aliphatic heterocycles. The van der Waals surface area contributed by atoms with Gasteiger partial charge < -0.3 is 15.2 Å². The summed E-state index contributed by atoms with van der Waals surface area (Å²) in [5, 5.41) is 11.4. The molecule has 20 heavy (non-hydrogen) atoms. The van der Waals surface area contributed by atoms with E-state index in [0.717, 1.165) is 11.4 Å². The van der Waals surface area contributed by atoms with Crippen molar-refractivity contribution in [2.24, 2.45) is 5.92 Å². The van der Waals surface area contributed by atoms with Crippen molar-refractivity contribution in [2.75, 3.05) is 25.6 Å². The van der Waals surface area contributed by atoms with Gasteiger partial charge >= 0.3 is 12.0 Å². The number of rotatable bonds is 6. The second kappa shape index (κ2) is 7.37. The van der Waals surface area contributed by atoms with Crippen LogP contribution in [0.15, 0.2) is 24.3 Å². The SMILES string of the molecule is COc1ccc(N(C)C(=O)NCCC(C)C(=O)O)cc1. The van der Waals surface area contributed by atoms with Crippen LogP contribution in [0.25, 0.3) is 0 Å². The van der Waals surface area contributed by atoms with Crippen molar-refractivity contribution in [1.82, 2.24) is 5.32 Å². The molecule has 1 atom stereocenters. The maximum Gasteiger partial charge on any atom is 0.321 e. The van der Waals surface area contributed by atoms with E-state index < -0.39 is 11.9 Å². The van der Waals surface area contributed by atoms with Gasteiger partial charge in [-0.15, -0.1) is 0 Å². The highest BCUT2D eigenvalue weighted by Gasteiger charge is 2.13. The molecule has 1 rings (SSSR count). The molecule has 0 saturated heterocycles. The van der Waals surface area contributed by atoms with Crippen LogP contribution in [-0.4, -0.2) is 37.8 Å². The number of amides is 2. The Hall–Kier alpha value is -2.24. The second-order valence-corrected chi connectivity index (χ2v) is 4.52.